The van der Waals surface area contributed by atoms with E-state index in [-0.39, 0.29) is 0 Å². The number of aromatic nitrogens is 2. The van der Waals surface area contributed by atoms with E-state index in [4.69, 9.17) is 13.9 Å². The summed E-state index contributed by atoms with van der Waals surface area (Å²) in [5.41, 5.74) is 1.69. The summed E-state index contributed by atoms with van der Waals surface area (Å²) >= 11 is 0. The van der Waals surface area contributed by atoms with Gasteiger partial charge in [0, 0.05) is 11.1 Å². The van der Waals surface area contributed by atoms with Gasteiger partial charge < -0.3 is 13.9 Å². The van der Waals surface area contributed by atoms with Gasteiger partial charge in [-0.3, -0.25) is 0 Å². The zero-order valence-electron chi connectivity index (χ0n) is 13.2. The Morgan fingerprint density at radius 1 is 0.783 bits per heavy atom. The van der Waals surface area contributed by atoms with E-state index < -0.39 is 0 Å². The summed E-state index contributed by atoms with van der Waals surface area (Å²) in [6.45, 7) is 5.01. The predicted molar refractivity (Wildman–Crippen MR) is 87.5 cm³/mol. The van der Waals surface area contributed by atoms with E-state index in [9.17, 15) is 0 Å². The summed E-state index contributed by atoms with van der Waals surface area (Å²) in [4.78, 5) is 0. The van der Waals surface area contributed by atoms with Gasteiger partial charge in [-0.15, -0.1) is 10.2 Å². The number of hydrogen-bond acceptors (Lipinski definition) is 5. The highest BCUT2D eigenvalue weighted by molar-refractivity contribution is 5.61. The second kappa shape index (κ2) is 6.96. The fourth-order valence-corrected chi connectivity index (χ4v) is 2.22. The number of benzene rings is 2. The normalized spacial score (nSPS) is 10.5. The molecular weight excluding hydrogens is 292 g/mol. The van der Waals surface area contributed by atoms with Crippen LogP contribution in [0.25, 0.3) is 22.9 Å². The lowest BCUT2D eigenvalue weighted by Crippen LogP contribution is -1.98. The molecule has 5 heteroatoms. The van der Waals surface area contributed by atoms with Gasteiger partial charge in [-0.2, -0.15) is 0 Å². The Bertz CT molecular complexity index is 769. The molecule has 0 saturated heterocycles. The van der Waals surface area contributed by atoms with Gasteiger partial charge in [-0.05, 0) is 44.2 Å². The summed E-state index contributed by atoms with van der Waals surface area (Å²) in [5.74, 6) is 2.33. The van der Waals surface area contributed by atoms with Gasteiger partial charge in [0.2, 0.25) is 11.8 Å². The summed E-state index contributed by atoms with van der Waals surface area (Å²) < 4.78 is 17.0. The molecule has 0 spiro atoms. The zero-order chi connectivity index (χ0) is 16.1. The molecule has 0 fully saturated rings. The number of rotatable bonds is 6. The van der Waals surface area contributed by atoms with E-state index in [2.05, 4.69) is 10.2 Å². The lowest BCUT2D eigenvalue weighted by atomic mass is 10.2. The van der Waals surface area contributed by atoms with Crippen LogP contribution in [0.2, 0.25) is 0 Å². The Balaban J connectivity index is 1.93. The van der Waals surface area contributed by atoms with Gasteiger partial charge in [0.15, 0.2) is 11.5 Å². The highest BCUT2D eigenvalue weighted by Crippen LogP contribution is 2.33. The van der Waals surface area contributed by atoms with Crippen molar-refractivity contribution in [1.82, 2.24) is 10.2 Å². The van der Waals surface area contributed by atoms with Crippen molar-refractivity contribution in [2.24, 2.45) is 0 Å². The molecule has 1 aromatic heterocycles. The molecule has 0 atom stereocenters. The molecule has 3 rings (SSSR count). The van der Waals surface area contributed by atoms with Gasteiger partial charge in [0.05, 0.1) is 13.2 Å². The molecule has 0 aliphatic heterocycles. The van der Waals surface area contributed by atoms with Crippen LogP contribution in [0.5, 0.6) is 11.5 Å². The first-order chi connectivity index (χ1) is 11.3. The van der Waals surface area contributed by atoms with E-state index in [0.29, 0.717) is 36.5 Å². The molecule has 0 aliphatic carbocycles. The monoisotopic (exact) mass is 310 g/mol. The third kappa shape index (κ3) is 3.34. The number of hydrogen-bond donors (Lipinski definition) is 0. The van der Waals surface area contributed by atoms with E-state index in [0.717, 1.165) is 11.1 Å². The van der Waals surface area contributed by atoms with Crippen LogP contribution in [0.4, 0.5) is 0 Å². The van der Waals surface area contributed by atoms with Gasteiger partial charge in [-0.1, -0.05) is 18.2 Å². The minimum atomic E-state index is 0.452. The first-order valence-corrected chi connectivity index (χ1v) is 7.60. The highest BCUT2D eigenvalue weighted by Gasteiger charge is 2.13. The summed E-state index contributed by atoms with van der Waals surface area (Å²) in [7, 11) is 0. The first kappa shape index (κ1) is 15.1. The van der Waals surface area contributed by atoms with Gasteiger partial charge in [0.1, 0.15) is 0 Å². The van der Waals surface area contributed by atoms with Gasteiger partial charge >= 0.3 is 0 Å². The molecule has 0 saturated carbocycles. The van der Waals surface area contributed by atoms with E-state index in [1.807, 2.05) is 62.4 Å². The second-order valence-corrected chi connectivity index (χ2v) is 4.81. The van der Waals surface area contributed by atoms with Crippen molar-refractivity contribution in [3.05, 3.63) is 48.5 Å². The Morgan fingerprint density at radius 2 is 1.43 bits per heavy atom. The number of nitrogens with zero attached hydrogens (tertiary/aromatic N) is 2. The third-order valence-corrected chi connectivity index (χ3v) is 3.24. The fraction of sp³-hybridized carbons (Fsp3) is 0.222. The number of ether oxygens (including phenoxy) is 2. The Kier molecular flexibility index (Phi) is 4.57. The van der Waals surface area contributed by atoms with Crippen molar-refractivity contribution in [2.45, 2.75) is 13.8 Å². The van der Waals surface area contributed by atoms with Crippen molar-refractivity contribution in [2.75, 3.05) is 13.2 Å². The van der Waals surface area contributed by atoms with Crippen LogP contribution in [0, 0.1) is 0 Å². The maximum Gasteiger partial charge on any atom is 0.248 e. The molecule has 0 unspecified atom stereocenters. The topological polar surface area (TPSA) is 57.4 Å². The van der Waals surface area contributed by atoms with Crippen molar-refractivity contribution in [3.63, 3.8) is 0 Å². The minimum Gasteiger partial charge on any atom is -0.490 e. The predicted octanol–water partition coefficient (Wildman–Crippen LogP) is 4.20. The highest BCUT2D eigenvalue weighted by atomic mass is 16.5. The Labute approximate surface area is 134 Å². The molecule has 1 heterocycles. The molecule has 118 valence electrons. The SMILES string of the molecule is CCOc1ccc(-c2nnc(-c3ccccc3)o2)cc1OCC. The van der Waals surface area contributed by atoms with Crippen LogP contribution in [-0.4, -0.2) is 23.4 Å². The fourth-order valence-electron chi connectivity index (χ4n) is 2.22. The van der Waals surface area contributed by atoms with Crippen LogP contribution < -0.4 is 9.47 Å². The minimum absolute atomic E-state index is 0.452. The zero-order valence-corrected chi connectivity index (χ0v) is 13.2. The van der Waals surface area contributed by atoms with E-state index in [1.54, 1.807) is 0 Å². The smallest absolute Gasteiger partial charge is 0.248 e. The largest absolute Gasteiger partial charge is 0.490 e. The molecule has 0 amide bonds. The molecule has 0 aliphatic rings. The average molecular weight is 310 g/mol. The Morgan fingerprint density at radius 3 is 2.13 bits per heavy atom. The maximum absolute atomic E-state index is 5.77. The molecule has 0 N–H and O–H groups in total. The van der Waals surface area contributed by atoms with E-state index >= 15 is 0 Å². The van der Waals surface area contributed by atoms with Crippen LogP contribution in [0.15, 0.2) is 52.9 Å². The lowest BCUT2D eigenvalue weighted by Gasteiger charge is -2.11. The second-order valence-electron chi connectivity index (χ2n) is 4.81. The van der Waals surface area contributed by atoms with Crippen molar-refractivity contribution in [3.8, 4) is 34.4 Å². The molecule has 23 heavy (non-hydrogen) atoms. The first-order valence-electron chi connectivity index (χ1n) is 7.60. The molecule has 0 radical (unpaired) electrons. The van der Waals surface area contributed by atoms with Crippen molar-refractivity contribution < 1.29 is 13.9 Å². The Hall–Kier alpha value is -2.82. The maximum atomic E-state index is 5.77. The molecule has 2 aromatic carbocycles. The van der Waals surface area contributed by atoms with Crippen LogP contribution >= 0.6 is 0 Å². The molecular formula is C18H18N2O3. The lowest BCUT2D eigenvalue weighted by molar-refractivity contribution is 0.288. The van der Waals surface area contributed by atoms with Gasteiger partial charge in [-0.25, -0.2) is 0 Å². The average Bonchev–Trinajstić information content (AvgIpc) is 3.08. The summed E-state index contributed by atoms with van der Waals surface area (Å²) in [6.07, 6.45) is 0. The van der Waals surface area contributed by atoms with Gasteiger partial charge in [0.25, 0.3) is 0 Å². The summed E-state index contributed by atoms with van der Waals surface area (Å²) in [5, 5.41) is 8.24. The van der Waals surface area contributed by atoms with Crippen molar-refractivity contribution >= 4 is 0 Å². The molecule has 5 nitrogen and oxygen atoms in total. The molecule has 3 aromatic rings. The van der Waals surface area contributed by atoms with Crippen molar-refractivity contribution in [1.29, 1.82) is 0 Å². The van der Waals surface area contributed by atoms with E-state index in [1.165, 1.54) is 0 Å². The quantitative estimate of drug-likeness (QED) is 0.683. The standard InChI is InChI=1S/C18H18N2O3/c1-3-21-15-11-10-14(12-16(15)22-4-2)18-20-19-17(23-18)13-8-6-5-7-9-13/h5-12H,3-4H2,1-2H3. The van der Waals surface area contributed by atoms with Crippen LogP contribution in [0.1, 0.15) is 13.8 Å². The van der Waals surface area contributed by atoms with Crippen LogP contribution in [-0.2, 0) is 0 Å². The van der Waals surface area contributed by atoms with Crippen LogP contribution in [0.3, 0.4) is 0 Å². The third-order valence-electron chi connectivity index (χ3n) is 3.24. The molecule has 0 bridgehead atoms. The summed E-state index contributed by atoms with van der Waals surface area (Å²) in [6, 6.07) is 15.3.